The minimum Gasteiger partial charge on any atom is -0.455 e. The summed E-state index contributed by atoms with van der Waals surface area (Å²) in [6, 6.07) is 47.4. The number of hydrogen-bond acceptors (Lipinski definition) is 4. The van der Waals surface area contributed by atoms with Crippen molar-refractivity contribution in [3.05, 3.63) is 140 Å². The number of para-hydroxylation sites is 3. The Labute approximate surface area is 256 Å². The Kier molecular flexibility index (Phi) is 4.93. The molecule has 0 unspecified atom stereocenters. The third-order valence-corrected chi connectivity index (χ3v) is 8.80. The number of fused-ring (bicyclic) bond motifs is 12. The smallest absolute Gasteiger partial charge is 0.162 e. The second-order valence-corrected chi connectivity index (χ2v) is 11.3. The summed E-state index contributed by atoms with van der Waals surface area (Å²) in [5, 5.41) is 6.31. The summed E-state index contributed by atoms with van der Waals surface area (Å²) in [4.78, 5) is 10.3. The molecule has 4 aromatic heterocycles. The van der Waals surface area contributed by atoms with E-state index in [0.29, 0.717) is 5.82 Å². The molecule has 210 valence electrons. The van der Waals surface area contributed by atoms with Crippen molar-refractivity contribution >= 4 is 65.7 Å². The lowest BCUT2D eigenvalue weighted by Gasteiger charge is -2.12. The van der Waals surface area contributed by atoms with Crippen molar-refractivity contribution in [3.8, 4) is 28.5 Å². The maximum absolute atomic E-state index is 6.81. The van der Waals surface area contributed by atoms with Gasteiger partial charge in [0.2, 0.25) is 0 Å². The first-order valence-corrected chi connectivity index (χ1v) is 15.0. The van der Waals surface area contributed by atoms with Crippen molar-refractivity contribution in [1.29, 1.82) is 0 Å². The van der Waals surface area contributed by atoms with Crippen LogP contribution in [-0.4, -0.2) is 14.5 Å². The molecule has 0 fully saturated rings. The summed E-state index contributed by atoms with van der Waals surface area (Å²) in [5.41, 5.74) is 8.09. The predicted molar refractivity (Wildman–Crippen MR) is 182 cm³/mol. The number of hydrogen-bond donors (Lipinski definition) is 0. The van der Waals surface area contributed by atoms with E-state index >= 15 is 0 Å². The van der Waals surface area contributed by atoms with Crippen LogP contribution in [0.25, 0.3) is 94.1 Å². The van der Waals surface area contributed by atoms with Crippen LogP contribution < -0.4 is 0 Å². The quantitative estimate of drug-likeness (QED) is 0.210. The maximum atomic E-state index is 6.81. The second-order valence-electron chi connectivity index (χ2n) is 11.3. The van der Waals surface area contributed by atoms with Crippen LogP contribution >= 0.6 is 0 Å². The number of nitrogens with zero attached hydrogens (tertiary/aromatic N) is 3. The van der Waals surface area contributed by atoms with Crippen molar-refractivity contribution in [2.75, 3.05) is 0 Å². The molecule has 0 aliphatic carbocycles. The molecule has 0 spiro atoms. The van der Waals surface area contributed by atoms with Crippen LogP contribution in [0.3, 0.4) is 0 Å². The molecule has 5 heteroatoms. The Balaban J connectivity index is 1.44. The Bertz CT molecular complexity index is 2700. The van der Waals surface area contributed by atoms with E-state index in [1.54, 1.807) is 0 Å². The first-order chi connectivity index (χ1) is 22.3. The van der Waals surface area contributed by atoms with E-state index in [-0.39, 0.29) is 0 Å². The van der Waals surface area contributed by atoms with E-state index < -0.39 is 0 Å². The summed E-state index contributed by atoms with van der Waals surface area (Å²) >= 11 is 0. The molecule has 0 amide bonds. The molecule has 0 saturated carbocycles. The molecule has 0 saturated heterocycles. The first kappa shape index (κ1) is 24.3. The lowest BCUT2D eigenvalue weighted by molar-refractivity contribution is 0.667. The van der Waals surface area contributed by atoms with Gasteiger partial charge in [-0.1, -0.05) is 115 Å². The van der Waals surface area contributed by atoms with E-state index in [9.17, 15) is 0 Å². The van der Waals surface area contributed by atoms with Crippen LogP contribution in [0.15, 0.2) is 148 Å². The molecule has 4 heterocycles. The highest BCUT2D eigenvalue weighted by atomic mass is 16.3. The fourth-order valence-corrected chi connectivity index (χ4v) is 6.87. The maximum Gasteiger partial charge on any atom is 0.162 e. The van der Waals surface area contributed by atoms with Crippen LogP contribution in [0.4, 0.5) is 0 Å². The summed E-state index contributed by atoms with van der Waals surface area (Å²) in [6.07, 6.45) is 0. The average Bonchev–Trinajstić information content (AvgIpc) is 3.78. The van der Waals surface area contributed by atoms with Crippen LogP contribution in [0.2, 0.25) is 0 Å². The fraction of sp³-hybridized carbons (Fsp3) is 0. The third kappa shape index (κ3) is 3.43. The zero-order valence-corrected chi connectivity index (χ0v) is 23.9. The molecular weight excluding hydrogens is 554 g/mol. The highest BCUT2D eigenvalue weighted by Gasteiger charge is 2.27. The Morgan fingerprint density at radius 1 is 0.467 bits per heavy atom. The van der Waals surface area contributed by atoms with Crippen LogP contribution in [0.5, 0.6) is 0 Å². The lowest BCUT2D eigenvalue weighted by Crippen LogP contribution is -2.02. The number of rotatable bonds is 3. The van der Waals surface area contributed by atoms with Gasteiger partial charge < -0.3 is 8.83 Å². The van der Waals surface area contributed by atoms with Gasteiger partial charge >= 0.3 is 0 Å². The van der Waals surface area contributed by atoms with Crippen LogP contribution in [0, 0.1) is 0 Å². The number of benzene rings is 6. The predicted octanol–water partition coefficient (Wildman–Crippen LogP) is 10.7. The van der Waals surface area contributed by atoms with E-state index in [0.717, 1.165) is 88.3 Å². The van der Waals surface area contributed by atoms with Crippen molar-refractivity contribution in [2.24, 2.45) is 0 Å². The van der Waals surface area contributed by atoms with Crippen molar-refractivity contribution in [1.82, 2.24) is 14.5 Å². The van der Waals surface area contributed by atoms with E-state index in [1.807, 2.05) is 60.7 Å². The van der Waals surface area contributed by atoms with Gasteiger partial charge in [0, 0.05) is 44.1 Å². The van der Waals surface area contributed by atoms with Gasteiger partial charge in [0.25, 0.3) is 0 Å². The van der Waals surface area contributed by atoms with Gasteiger partial charge in [0.05, 0.1) is 16.6 Å². The van der Waals surface area contributed by atoms with Gasteiger partial charge in [0.15, 0.2) is 11.4 Å². The molecule has 45 heavy (non-hydrogen) atoms. The summed E-state index contributed by atoms with van der Waals surface area (Å²) in [5.74, 6) is 1.41. The molecule has 0 N–H and O–H groups in total. The minimum atomic E-state index is 0.656. The normalized spacial score (nSPS) is 12.0. The second kappa shape index (κ2) is 9.15. The molecule has 0 aliphatic rings. The molecule has 0 aliphatic heterocycles. The topological polar surface area (TPSA) is 57.0 Å². The van der Waals surface area contributed by atoms with Gasteiger partial charge in [-0.25, -0.2) is 9.97 Å². The largest absolute Gasteiger partial charge is 0.455 e. The Morgan fingerprint density at radius 3 is 1.73 bits per heavy atom. The number of aromatic nitrogens is 3. The molecule has 5 nitrogen and oxygen atoms in total. The van der Waals surface area contributed by atoms with Gasteiger partial charge in [-0.3, -0.25) is 4.57 Å². The Hall–Kier alpha value is -6.20. The molecule has 6 aromatic carbocycles. The van der Waals surface area contributed by atoms with Gasteiger partial charge in [-0.2, -0.15) is 0 Å². The summed E-state index contributed by atoms with van der Waals surface area (Å²) in [6.45, 7) is 0. The molecule has 10 aromatic rings. The molecule has 0 bridgehead atoms. The standard InChI is InChI=1S/C40H23N3O2/c1-3-13-24(14-4-1)29-23-33(42-40(41-29)25-15-5-2-6-16-25)43-30-20-10-7-17-26(30)36-37(43)39-35(28-19-9-12-22-32(28)45-39)34-27-18-8-11-21-31(27)44-38(34)36/h1-23H. The molecule has 0 radical (unpaired) electrons. The fourth-order valence-electron chi connectivity index (χ4n) is 6.87. The highest BCUT2D eigenvalue weighted by molar-refractivity contribution is 6.38. The summed E-state index contributed by atoms with van der Waals surface area (Å²) in [7, 11) is 0. The first-order valence-electron chi connectivity index (χ1n) is 15.0. The number of furan rings is 2. The van der Waals surface area contributed by atoms with Crippen molar-refractivity contribution < 1.29 is 8.83 Å². The molecule has 10 rings (SSSR count). The van der Waals surface area contributed by atoms with Crippen molar-refractivity contribution in [3.63, 3.8) is 0 Å². The van der Waals surface area contributed by atoms with Gasteiger partial charge in [-0.05, 0) is 18.2 Å². The lowest BCUT2D eigenvalue weighted by atomic mass is 10.0. The van der Waals surface area contributed by atoms with E-state index in [4.69, 9.17) is 18.8 Å². The Morgan fingerprint density at radius 2 is 1.02 bits per heavy atom. The summed E-state index contributed by atoms with van der Waals surface area (Å²) < 4.78 is 15.8. The molecular formula is C40H23N3O2. The van der Waals surface area contributed by atoms with Crippen molar-refractivity contribution in [2.45, 2.75) is 0 Å². The van der Waals surface area contributed by atoms with Gasteiger partial charge in [-0.15, -0.1) is 0 Å². The van der Waals surface area contributed by atoms with Crippen LogP contribution in [0.1, 0.15) is 0 Å². The zero-order valence-electron chi connectivity index (χ0n) is 23.9. The third-order valence-electron chi connectivity index (χ3n) is 8.80. The minimum absolute atomic E-state index is 0.656. The average molecular weight is 578 g/mol. The van der Waals surface area contributed by atoms with Gasteiger partial charge in [0.1, 0.15) is 28.1 Å². The SMILES string of the molecule is c1ccc(-c2cc(-n3c4ccccc4c4c5oc6ccccc6c5c5c6ccccc6oc5c43)nc(-c3ccccc3)n2)cc1. The highest BCUT2D eigenvalue weighted by Crippen LogP contribution is 2.48. The van der Waals surface area contributed by atoms with Crippen LogP contribution in [-0.2, 0) is 0 Å². The van der Waals surface area contributed by atoms with E-state index in [2.05, 4.69) is 83.4 Å². The monoisotopic (exact) mass is 577 g/mol. The molecule has 0 atom stereocenters. The zero-order chi connectivity index (χ0) is 29.5. The van der Waals surface area contributed by atoms with E-state index in [1.165, 1.54) is 0 Å².